The highest BCUT2D eigenvalue weighted by molar-refractivity contribution is 7.89. The van der Waals surface area contributed by atoms with Crippen LogP contribution in [0.2, 0.25) is 0 Å². The van der Waals surface area contributed by atoms with Gasteiger partial charge in [-0.2, -0.15) is 9.98 Å². The minimum atomic E-state index is -4.03. The number of piperidine rings is 1. The van der Waals surface area contributed by atoms with Crippen molar-refractivity contribution in [3.05, 3.63) is 29.5 Å². The number of rotatable bonds is 6. The SMILES string of the molecule is C[C@@H]1CCCN(c2ncnc3c2c2ccc(S(=O)(=O)NC4(C#N)CC4)cc2n3-c2nnc(C(F)F)s2)C1. The number of nitrogens with zero attached hydrogens (tertiary/aromatic N) is 7. The number of alkyl halides is 2. The monoisotopic (exact) mass is 544 g/mol. The lowest BCUT2D eigenvalue weighted by atomic mass is 10.00. The third-order valence-electron chi connectivity index (χ3n) is 6.87. The van der Waals surface area contributed by atoms with Crippen LogP contribution in [0.25, 0.3) is 27.1 Å². The van der Waals surface area contributed by atoms with Crippen molar-refractivity contribution in [3.63, 3.8) is 0 Å². The Hall–Kier alpha value is -3.28. The second-order valence-corrected chi connectivity index (χ2v) is 12.3. The largest absolute Gasteiger partial charge is 0.356 e. The van der Waals surface area contributed by atoms with Crippen molar-refractivity contribution >= 4 is 49.1 Å². The van der Waals surface area contributed by atoms with Gasteiger partial charge >= 0.3 is 0 Å². The molecular formula is C23H22F2N8O2S2. The maximum Gasteiger partial charge on any atom is 0.291 e. The third kappa shape index (κ3) is 4.11. The Bertz CT molecular complexity index is 1670. The van der Waals surface area contributed by atoms with E-state index in [0.717, 1.165) is 25.9 Å². The van der Waals surface area contributed by atoms with Crippen LogP contribution >= 0.6 is 11.3 Å². The van der Waals surface area contributed by atoms with Gasteiger partial charge in [0.05, 0.1) is 21.9 Å². The van der Waals surface area contributed by atoms with E-state index in [1.54, 1.807) is 10.6 Å². The Morgan fingerprint density at radius 2 is 2.08 bits per heavy atom. The summed E-state index contributed by atoms with van der Waals surface area (Å²) >= 11 is 0.716. The molecule has 0 bridgehead atoms. The van der Waals surface area contributed by atoms with Gasteiger partial charge in [0.25, 0.3) is 6.43 Å². The van der Waals surface area contributed by atoms with Crippen LogP contribution in [0.15, 0.2) is 29.4 Å². The van der Waals surface area contributed by atoms with Crippen LogP contribution in [-0.2, 0) is 10.0 Å². The van der Waals surface area contributed by atoms with E-state index in [-0.39, 0.29) is 10.0 Å². The Kier molecular flexibility index (Phi) is 5.62. The molecule has 1 aromatic carbocycles. The summed E-state index contributed by atoms with van der Waals surface area (Å²) in [6.07, 6.45) is 1.64. The summed E-state index contributed by atoms with van der Waals surface area (Å²) in [5.74, 6) is 1.18. The lowest BCUT2D eigenvalue weighted by Crippen LogP contribution is -2.35. The van der Waals surface area contributed by atoms with Crippen molar-refractivity contribution < 1.29 is 17.2 Å². The molecule has 37 heavy (non-hydrogen) atoms. The topological polar surface area (TPSA) is 130 Å². The minimum Gasteiger partial charge on any atom is -0.356 e. The molecule has 192 valence electrons. The van der Waals surface area contributed by atoms with Gasteiger partial charge in [-0.1, -0.05) is 24.3 Å². The fourth-order valence-corrected chi connectivity index (χ4v) is 6.98. The van der Waals surface area contributed by atoms with E-state index in [2.05, 4.69) is 36.7 Å². The number of hydrogen-bond donors (Lipinski definition) is 1. The van der Waals surface area contributed by atoms with Gasteiger partial charge in [0.2, 0.25) is 15.2 Å². The Balaban J connectivity index is 1.59. The fraction of sp³-hybridized carbons (Fsp3) is 0.435. The Labute approximate surface area is 215 Å². The van der Waals surface area contributed by atoms with Crippen molar-refractivity contribution in [2.24, 2.45) is 5.92 Å². The second kappa shape index (κ2) is 8.64. The first-order valence-corrected chi connectivity index (χ1v) is 14.1. The second-order valence-electron chi connectivity index (χ2n) is 9.63. The number of aromatic nitrogens is 5. The van der Waals surface area contributed by atoms with Crippen molar-refractivity contribution in [2.45, 2.75) is 49.5 Å². The molecule has 1 N–H and O–H groups in total. The van der Waals surface area contributed by atoms with E-state index in [0.29, 0.717) is 57.9 Å². The van der Waals surface area contributed by atoms with Gasteiger partial charge in [-0.3, -0.25) is 4.57 Å². The molecule has 1 aliphatic carbocycles. The lowest BCUT2D eigenvalue weighted by Gasteiger charge is -2.32. The molecule has 10 nitrogen and oxygen atoms in total. The van der Waals surface area contributed by atoms with Gasteiger partial charge in [-0.15, -0.1) is 10.2 Å². The smallest absolute Gasteiger partial charge is 0.291 e. The highest BCUT2D eigenvalue weighted by Crippen LogP contribution is 2.40. The standard InChI is InChI=1S/C23H22F2N8O2S2/c1-13-3-2-8-32(10-13)19-17-15-5-4-14(37(34,35)31-23(11-26)6-7-23)9-16(15)33(20(17)28-12-27-19)22-30-29-21(36-22)18(24)25/h4-5,9,12-13,18,31H,2-3,6-8,10H2,1H3/t13-/m1/s1. The summed E-state index contributed by atoms with van der Waals surface area (Å²) in [5.41, 5.74) is -0.244. The normalized spacial score (nSPS) is 19.5. The summed E-state index contributed by atoms with van der Waals surface area (Å²) < 4.78 is 57.1. The van der Waals surface area contributed by atoms with Crippen molar-refractivity contribution in [1.29, 1.82) is 5.26 Å². The third-order valence-corrected chi connectivity index (χ3v) is 9.32. The molecule has 1 saturated heterocycles. The molecule has 3 aromatic heterocycles. The number of nitrogens with one attached hydrogen (secondary N) is 1. The summed E-state index contributed by atoms with van der Waals surface area (Å²) in [7, 11) is -4.03. The van der Waals surface area contributed by atoms with Crippen molar-refractivity contribution in [3.8, 4) is 11.2 Å². The molecule has 2 aliphatic rings. The molecule has 1 aliphatic heterocycles. The first kappa shape index (κ1) is 24.1. The predicted molar refractivity (Wildman–Crippen MR) is 133 cm³/mol. The van der Waals surface area contributed by atoms with Crippen LogP contribution in [0.3, 0.4) is 0 Å². The molecule has 2 fully saturated rings. The fourth-order valence-electron chi connectivity index (χ4n) is 4.86. The zero-order valence-corrected chi connectivity index (χ0v) is 21.4. The summed E-state index contributed by atoms with van der Waals surface area (Å²) in [4.78, 5) is 11.2. The van der Waals surface area contributed by atoms with Gasteiger partial charge < -0.3 is 4.90 Å². The predicted octanol–water partition coefficient (Wildman–Crippen LogP) is 3.93. The Morgan fingerprint density at radius 3 is 2.76 bits per heavy atom. The van der Waals surface area contributed by atoms with Crippen LogP contribution in [0.1, 0.15) is 44.0 Å². The summed E-state index contributed by atoms with van der Waals surface area (Å²) in [5, 5.41) is 18.0. The zero-order valence-electron chi connectivity index (χ0n) is 19.7. The van der Waals surface area contributed by atoms with Gasteiger partial charge in [-0.25, -0.2) is 27.2 Å². The molecule has 0 radical (unpaired) electrons. The molecule has 1 saturated carbocycles. The molecule has 1 atom stereocenters. The van der Waals surface area contributed by atoms with E-state index in [1.807, 2.05) is 6.07 Å². The maximum atomic E-state index is 13.4. The van der Waals surface area contributed by atoms with E-state index in [4.69, 9.17) is 0 Å². The van der Waals surface area contributed by atoms with Crippen LogP contribution in [0.4, 0.5) is 14.6 Å². The molecule has 4 heterocycles. The molecule has 0 spiro atoms. The van der Waals surface area contributed by atoms with E-state index in [1.165, 1.54) is 18.5 Å². The number of anilines is 1. The van der Waals surface area contributed by atoms with E-state index < -0.39 is 27.0 Å². The first-order valence-electron chi connectivity index (χ1n) is 11.8. The summed E-state index contributed by atoms with van der Waals surface area (Å²) in [6, 6.07) is 6.63. The number of nitriles is 1. The first-order chi connectivity index (χ1) is 17.7. The number of fused-ring (bicyclic) bond motifs is 3. The van der Waals surface area contributed by atoms with E-state index in [9.17, 15) is 22.5 Å². The number of sulfonamides is 1. The number of benzene rings is 1. The van der Waals surface area contributed by atoms with Gasteiger partial charge in [0, 0.05) is 18.5 Å². The van der Waals surface area contributed by atoms with Gasteiger partial charge in [-0.05, 0) is 43.7 Å². The van der Waals surface area contributed by atoms with E-state index >= 15 is 0 Å². The Morgan fingerprint density at radius 1 is 1.27 bits per heavy atom. The van der Waals surface area contributed by atoms with Crippen LogP contribution in [0.5, 0.6) is 0 Å². The zero-order chi connectivity index (χ0) is 25.9. The van der Waals surface area contributed by atoms with Gasteiger partial charge in [0.1, 0.15) is 17.7 Å². The highest BCUT2D eigenvalue weighted by atomic mass is 32.2. The van der Waals surface area contributed by atoms with Crippen molar-refractivity contribution in [2.75, 3.05) is 18.0 Å². The quantitative estimate of drug-likeness (QED) is 0.387. The average molecular weight is 545 g/mol. The van der Waals surface area contributed by atoms with Crippen LogP contribution in [-0.4, -0.2) is 51.8 Å². The maximum absolute atomic E-state index is 13.4. The minimum absolute atomic E-state index is 0.0507. The van der Waals surface area contributed by atoms with Crippen LogP contribution in [0, 0.1) is 17.2 Å². The number of halogens is 2. The molecule has 14 heteroatoms. The molecule has 6 rings (SSSR count). The molecule has 0 amide bonds. The lowest BCUT2D eigenvalue weighted by molar-refractivity contribution is 0.150. The molecular weight excluding hydrogens is 522 g/mol. The number of hydrogen-bond acceptors (Lipinski definition) is 9. The van der Waals surface area contributed by atoms with Crippen LogP contribution < -0.4 is 9.62 Å². The highest BCUT2D eigenvalue weighted by Gasteiger charge is 2.46. The summed E-state index contributed by atoms with van der Waals surface area (Å²) in [6.45, 7) is 3.79. The van der Waals surface area contributed by atoms with Crippen molar-refractivity contribution in [1.82, 2.24) is 29.5 Å². The average Bonchev–Trinajstić information content (AvgIpc) is 3.32. The van der Waals surface area contributed by atoms with Gasteiger partial charge in [0.15, 0.2) is 10.7 Å². The molecule has 4 aromatic rings. The molecule has 0 unspecified atom stereocenters.